The number of rotatable bonds is 7. The van der Waals surface area contributed by atoms with Crippen molar-refractivity contribution in [3.05, 3.63) is 82.4 Å². The molecule has 0 bridgehead atoms. The number of allylic oxidation sites excluding steroid dienone is 7. The van der Waals surface area contributed by atoms with Crippen molar-refractivity contribution in [3.8, 4) is 6.07 Å². The lowest BCUT2D eigenvalue weighted by molar-refractivity contribution is 0.102. The first kappa shape index (κ1) is 23.1. The maximum atomic E-state index is 13.8. The molecule has 0 aromatic heterocycles. The second-order valence-corrected chi connectivity index (χ2v) is 6.41. The molecule has 1 aliphatic carbocycles. The van der Waals surface area contributed by atoms with Crippen LogP contribution in [-0.4, -0.2) is 23.8 Å². The fourth-order valence-corrected chi connectivity index (χ4v) is 2.99. The Hall–Kier alpha value is -3.21. The number of halogens is 5. The van der Waals surface area contributed by atoms with Crippen LogP contribution >= 0.6 is 0 Å². The Morgan fingerprint density at radius 1 is 1.10 bits per heavy atom. The van der Waals surface area contributed by atoms with E-state index in [0.29, 0.717) is 6.42 Å². The van der Waals surface area contributed by atoms with Crippen LogP contribution in [0.25, 0.3) is 0 Å². The second-order valence-electron chi connectivity index (χ2n) is 6.41. The number of likely N-dealkylation sites (N-methyl/N-ethyl adjacent to an activating group) is 1. The Morgan fingerprint density at radius 2 is 1.67 bits per heavy atom. The number of benzene rings is 1. The van der Waals surface area contributed by atoms with Crippen LogP contribution in [0.15, 0.2) is 47.7 Å². The molecule has 0 spiro atoms. The van der Waals surface area contributed by atoms with Gasteiger partial charge in [0.1, 0.15) is 17.2 Å². The molecule has 0 saturated heterocycles. The van der Waals surface area contributed by atoms with Gasteiger partial charge in [0.2, 0.25) is 11.6 Å². The van der Waals surface area contributed by atoms with E-state index in [1.54, 1.807) is 6.08 Å². The molecule has 2 rings (SSSR count). The molecule has 1 aromatic rings. The molecule has 0 N–H and O–H groups in total. The van der Waals surface area contributed by atoms with E-state index in [9.17, 15) is 26.7 Å². The number of hydrogen-bond donors (Lipinski definition) is 0. The highest BCUT2D eigenvalue weighted by Gasteiger charge is 2.31. The Balaban J connectivity index is 2.22. The van der Waals surface area contributed by atoms with Gasteiger partial charge >= 0.3 is 0 Å². The Morgan fingerprint density at radius 3 is 2.13 bits per heavy atom. The first-order valence-corrected chi connectivity index (χ1v) is 9.24. The number of Topliss-reactive ketones (excluding diaryl/α,β-unsaturated/α-hetero) is 1. The van der Waals surface area contributed by atoms with Crippen molar-refractivity contribution < 1.29 is 26.7 Å². The van der Waals surface area contributed by atoms with Crippen LogP contribution in [0.4, 0.5) is 22.0 Å². The van der Waals surface area contributed by atoms with Crippen LogP contribution < -0.4 is 0 Å². The molecule has 1 unspecified atom stereocenters. The number of carbonyl (C=O) groups excluding carboxylic acids is 1. The van der Waals surface area contributed by atoms with Gasteiger partial charge in [-0.05, 0) is 38.3 Å². The van der Waals surface area contributed by atoms with Gasteiger partial charge in [-0.3, -0.25) is 4.79 Å². The molecule has 0 amide bonds. The summed E-state index contributed by atoms with van der Waals surface area (Å²) in [5, 5.41) is 9.11. The highest BCUT2D eigenvalue weighted by atomic mass is 19.2. The molecule has 0 fully saturated rings. The smallest absolute Gasteiger partial charge is 0.209 e. The largest absolute Gasteiger partial charge is 0.372 e. The van der Waals surface area contributed by atoms with Gasteiger partial charge in [-0.2, -0.15) is 5.26 Å². The van der Waals surface area contributed by atoms with E-state index in [2.05, 4.69) is 4.90 Å². The Bertz CT molecular complexity index is 969. The first-order chi connectivity index (χ1) is 14.3. The predicted octanol–water partition coefficient (Wildman–Crippen LogP) is 5.37. The fourth-order valence-electron chi connectivity index (χ4n) is 2.99. The summed E-state index contributed by atoms with van der Waals surface area (Å²) in [5.41, 5.74) is -1.33. The van der Waals surface area contributed by atoms with Crippen molar-refractivity contribution in [1.29, 1.82) is 5.26 Å². The van der Waals surface area contributed by atoms with E-state index >= 15 is 0 Å². The summed E-state index contributed by atoms with van der Waals surface area (Å²) in [7, 11) is 0. The van der Waals surface area contributed by atoms with Crippen LogP contribution in [0.5, 0.6) is 0 Å². The summed E-state index contributed by atoms with van der Waals surface area (Å²) in [4.78, 5) is 14.4. The zero-order valence-electron chi connectivity index (χ0n) is 16.4. The van der Waals surface area contributed by atoms with Gasteiger partial charge in [-0.15, -0.1) is 0 Å². The molecular weight excluding hydrogens is 403 g/mol. The summed E-state index contributed by atoms with van der Waals surface area (Å²) in [6.07, 6.45) is 10.6. The van der Waals surface area contributed by atoms with Gasteiger partial charge in [-0.1, -0.05) is 24.3 Å². The minimum Gasteiger partial charge on any atom is -0.372 e. The van der Waals surface area contributed by atoms with E-state index in [4.69, 9.17) is 5.26 Å². The minimum atomic E-state index is -2.37. The van der Waals surface area contributed by atoms with Gasteiger partial charge in [0.05, 0.1) is 0 Å². The molecule has 1 aromatic carbocycles. The van der Waals surface area contributed by atoms with Gasteiger partial charge < -0.3 is 4.90 Å². The summed E-state index contributed by atoms with van der Waals surface area (Å²) < 4.78 is 67.4. The molecule has 0 radical (unpaired) electrons. The van der Waals surface area contributed by atoms with Crippen LogP contribution in [0.3, 0.4) is 0 Å². The van der Waals surface area contributed by atoms with E-state index < -0.39 is 46.0 Å². The quantitative estimate of drug-likeness (QED) is 0.113. The Kier molecular flexibility index (Phi) is 7.70. The maximum Gasteiger partial charge on any atom is 0.209 e. The third kappa shape index (κ3) is 4.67. The summed E-state index contributed by atoms with van der Waals surface area (Å²) in [6, 6.07) is 1.43. The molecule has 30 heavy (non-hydrogen) atoms. The molecule has 0 saturated carbocycles. The monoisotopic (exact) mass is 422 g/mol. The fraction of sp³-hybridized carbons (Fsp3) is 0.273. The van der Waals surface area contributed by atoms with Gasteiger partial charge in [0, 0.05) is 18.8 Å². The lowest BCUT2D eigenvalue weighted by atomic mass is 9.97. The van der Waals surface area contributed by atoms with Crippen molar-refractivity contribution in [2.45, 2.75) is 20.3 Å². The highest BCUT2D eigenvalue weighted by Crippen LogP contribution is 2.25. The molecule has 158 valence electrons. The third-order valence-corrected chi connectivity index (χ3v) is 4.67. The topological polar surface area (TPSA) is 44.1 Å². The number of hydrogen-bond acceptors (Lipinski definition) is 3. The Labute approximate surface area is 171 Å². The van der Waals surface area contributed by atoms with Gasteiger partial charge in [0.15, 0.2) is 23.3 Å². The zero-order valence-corrected chi connectivity index (χ0v) is 16.4. The average Bonchev–Trinajstić information content (AvgIpc) is 2.75. The van der Waals surface area contributed by atoms with E-state index in [-0.39, 0.29) is 5.92 Å². The minimum absolute atomic E-state index is 0.0372. The van der Waals surface area contributed by atoms with Crippen LogP contribution in [-0.2, 0) is 0 Å². The summed E-state index contributed by atoms with van der Waals surface area (Å²) >= 11 is 0. The lowest BCUT2D eigenvalue weighted by Gasteiger charge is -2.25. The summed E-state index contributed by atoms with van der Waals surface area (Å²) in [5.74, 6) is -13.0. The molecule has 8 heteroatoms. The molecule has 1 atom stereocenters. The number of ketones is 1. The number of nitrogens with zero attached hydrogens (tertiary/aromatic N) is 2. The van der Waals surface area contributed by atoms with Gasteiger partial charge in [0.25, 0.3) is 0 Å². The normalized spacial score (nSPS) is 16.5. The van der Waals surface area contributed by atoms with Crippen molar-refractivity contribution >= 4 is 5.78 Å². The standard InChI is InChI=1S/C22H19F5N2O/c1-3-29(4-2)15-10-8-13(9-11-15)6-5-7-14(12-28)22(30)16-17(23)19(25)21(27)20(26)18(16)24/h5-8,10-11,13H,3-4,9H2,1-2H3/b6-5+,14-7+. The van der Waals surface area contributed by atoms with Gasteiger partial charge in [-0.25, -0.2) is 22.0 Å². The van der Waals surface area contributed by atoms with Crippen molar-refractivity contribution in [2.75, 3.05) is 13.1 Å². The van der Waals surface area contributed by atoms with Crippen LogP contribution in [0, 0.1) is 46.3 Å². The summed E-state index contributed by atoms with van der Waals surface area (Å²) in [6.45, 7) is 5.81. The van der Waals surface area contributed by atoms with E-state index in [1.807, 2.05) is 32.1 Å². The van der Waals surface area contributed by atoms with E-state index in [0.717, 1.165) is 24.9 Å². The van der Waals surface area contributed by atoms with Crippen molar-refractivity contribution in [3.63, 3.8) is 0 Å². The molecule has 1 aliphatic rings. The van der Waals surface area contributed by atoms with Crippen LogP contribution in [0.2, 0.25) is 0 Å². The lowest BCUT2D eigenvalue weighted by Crippen LogP contribution is -2.22. The SMILES string of the molecule is CCN(CC)C1=CCC(/C=C/C=C(\C#N)C(=O)c2c(F)c(F)c(F)c(F)c2F)C=C1. The van der Waals surface area contributed by atoms with Crippen molar-refractivity contribution in [2.24, 2.45) is 5.92 Å². The zero-order chi connectivity index (χ0) is 22.4. The van der Waals surface area contributed by atoms with E-state index in [1.165, 1.54) is 12.1 Å². The second kappa shape index (κ2) is 10.0. The molecule has 0 aliphatic heterocycles. The first-order valence-electron chi connectivity index (χ1n) is 9.24. The predicted molar refractivity (Wildman–Crippen MR) is 102 cm³/mol. The average molecular weight is 422 g/mol. The molecule has 3 nitrogen and oxygen atoms in total. The third-order valence-electron chi connectivity index (χ3n) is 4.67. The molecule has 0 heterocycles. The maximum absolute atomic E-state index is 13.8. The molecular formula is C22H19F5N2O. The van der Waals surface area contributed by atoms with Crippen molar-refractivity contribution in [1.82, 2.24) is 4.90 Å². The van der Waals surface area contributed by atoms with Crippen LogP contribution in [0.1, 0.15) is 30.6 Å². The number of nitriles is 1. The number of carbonyl (C=O) groups is 1. The highest BCUT2D eigenvalue weighted by molar-refractivity contribution is 6.11.